The Labute approximate surface area is 103 Å². The Hall–Kier alpha value is -0.620. The molecule has 2 N–H and O–H groups in total. The van der Waals surface area contributed by atoms with Crippen molar-refractivity contribution in [2.45, 2.75) is 26.2 Å². The van der Waals surface area contributed by atoms with Gasteiger partial charge in [-0.05, 0) is 11.0 Å². The van der Waals surface area contributed by atoms with Crippen LogP contribution in [-0.4, -0.2) is 17.5 Å². The molecular weight excluding hydrogens is 252 g/mol. The summed E-state index contributed by atoms with van der Waals surface area (Å²) in [6.07, 6.45) is 0. The first-order chi connectivity index (χ1) is 6.61. The van der Waals surface area contributed by atoms with Gasteiger partial charge in [0.1, 0.15) is 0 Å². The molecule has 0 bridgehead atoms. The van der Waals surface area contributed by atoms with E-state index in [0.29, 0.717) is 5.41 Å². The molecule has 1 aromatic rings. The van der Waals surface area contributed by atoms with Crippen molar-refractivity contribution in [2.75, 3.05) is 0 Å². The van der Waals surface area contributed by atoms with Crippen LogP contribution in [0.3, 0.4) is 0 Å². The minimum atomic E-state index is -4.67. The summed E-state index contributed by atoms with van der Waals surface area (Å²) in [6, 6.07) is 10.6. The lowest BCUT2D eigenvalue weighted by Gasteiger charge is -2.18. The zero-order valence-corrected chi connectivity index (χ0v) is 11.0. The predicted molar refractivity (Wildman–Crippen MR) is 66.6 cm³/mol. The normalized spacial score (nSPS) is 10.8. The van der Waals surface area contributed by atoms with Crippen LogP contribution in [-0.2, 0) is 15.8 Å². The van der Waals surface area contributed by atoms with Crippen LogP contribution in [0.4, 0.5) is 0 Å². The first kappa shape index (κ1) is 17.8. The van der Waals surface area contributed by atoms with Gasteiger partial charge in [-0.25, -0.2) is 0 Å². The van der Waals surface area contributed by atoms with E-state index in [4.69, 9.17) is 17.5 Å². The molecule has 94 valence electrons. The summed E-state index contributed by atoms with van der Waals surface area (Å²) in [4.78, 5) is 0. The number of rotatable bonds is 0. The third-order valence-corrected chi connectivity index (χ3v) is 1.64. The summed E-state index contributed by atoms with van der Waals surface area (Å²) in [5.74, 6) is 0. The van der Waals surface area contributed by atoms with Crippen LogP contribution in [0.5, 0.6) is 0 Å². The molecule has 0 aromatic heterocycles. The van der Waals surface area contributed by atoms with Crippen LogP contribution in [0.25, 0.3) is 0 Å². The van der Waals surface area contributed by atoms with Crippen LogP contribution in [0, 0.1) is 0 Å². The SMILES string of the molecule is CC(C)(C)c1ccccc1.Cl.O=S(=O)(O)O. The van der Waals surface area contributed by atoms with Gasteiger partial charge in [0.15, 0.2) is 0 Å². The molecule has 1 aromatic carbocycles. The summed E-state index contributed by atoms with van der Waals surface area (Å²) < 4.78 is 31.6. The van der Waals surface area contributed by atoms with Gasteiger partial charge in [0.25, 0.3) is 0 Å². The Morgan fingerprint density at radius 2 is 1.31 bits per heavy atom. The van der Waals surface area contributed by atoms with Crippen LogP contribution in [0.15, 0.2) is 30.3 Å². The highest BCUT2D eigenvalue weighted by atomic mass is 35.5. The van der Waals surface area contributed by atoms with E-state index in [1.54, 1.807) is 0 Å². The first-order valence-electron chi connectivity index (χ1n) is 4.36. The lowest BCUT2D eigenvalue weighted by atomic mass is 9.87. The van der Waals surface area contributed by atoms with Gasteiger partial charge in [0.05, 0.1) is 0 Å². The lowest BCUT2D eigenvalue weighted by Crippen LogP contribution is -2.10. The fourth-order valence-electron chi connectivity index (χ4n) is 0.938. The molecule has 16 heavy (non-hydrogen) atoms. The Bertz CT molecular complexity index is 373. The zero-order chi connectivity index (χ0) is 12.1. The molecule has 1 rings (SSSR count). The van der Waals surface area contributed by atoms with Crippen LogP contribution in [0.1, 0.15) is 26.3 Å². The molecule has 4 nitrogen and oxygen atoms in total. The van der Waals surface area contributed by atoms with Crippen molar-refractivity contribution in [2.24, 2.45) is 0 Å². The largest absolute Gasteiger partial charge is 0.394 e. The average molecular weight is 269 g/mol. The molecule has 0 unspecified atom stereocenters. The second kappa shape index (κ2) is 6.85. The maximum Gasteiger partial charge on any atom is 0.394 e. The van der Waals surface area contributed by atoms with Gasteiger partial charge in [-0.1, -0.05) is 51.1 Å². The van der Waals surface area contributed by atoms with Gasteiger partial charge in [-0.3, -0.25) is 9.11 Å². The zero-order valence-electron chi connectivity index (χ0n) is 9.41. The summed E-state index contributed by atoms with van der Waals surface area (Å²) in [5, 5.41) is 0. The van der Waals surface area contributed by atoms with Crippen molar-refractivity contribution in [3.8, 4) is 0 Å². The van der Waals surface area contributed by atoms with Gasteiger partial charge >= 0.3 is 10.4 Å². The van der Waals surface area contributed by atoms with Gasteiger partial charge < -0.3 is 0 Å². The third kappa shape index (κ3) is 11.5. The lowest BCUT2D eigenvalue weighted by molar-refractivity contribution is 0.381. The molecule has 0 aliphatic rings. The minimum Gasteiger partial charge on any atom is -0.264 e. The number of hydrogen-bond donors (Lipinski definition) is 2. The van der Waals surface area contributed by atoms with E-state index in [1.165, 1.54) is 5.56 Å². The second-order valence-corrected chi connectivity index (χ2v) is 4.96. The Morgan fingerprint density at radius 1 is 1.00 bits per heavy atom. The van der Waals surface area contributed by atoms with E-state index < -0.39 is 10.4 Å². The number of halogens is 1. The Balaban J connectivity index is 0. The van der Waals surface area contributed by atoms with E-state index in [9.17, 15) is 0 Å². The summed E-state index contributed by atoms with van der Waals surface area (Å²) >= 11 is 0. The van der Waals surface area contributed by atoms with E-state index >= 15 is 0 Å². The van der Waals surface area contributed by atoms with Crippen molar-refractivity contribution in [3.63, 3.8) is 0 Å². The maximum absolute atomic E-state index is 8.74. The molecule has 0 radical (unpaired) electrons. The van der Waals surface area contributed by atoms with Crippen molar-refractivity contribution in [1.29, 1.82) is 0 Å². The van der Waals surface area contributed by atoms with E-state index in [1.807, 2.05) is 0 Å². The highest BCUT2D eigenvalue weighted by molar-refractivity contribution is 7.79. The third-order valence-electron chi connectivity index (χ3n) is 1.64. The van der Waals surface area contributed by atoms with Crippen LogP contribution >= 0.6 is 12.4 Å². The van der Waals surface area contributed by atoms with Crippen LogP contribution in [0.2, 0.25) is 0 Å². The average Bonchev–Trinajstić information content (AvgIpc) is 2.01. The molecule has 0 spiro atoms. The summed E-state index contributed by atoms with van der Waals surface area (Å²) in [6.45, 7) is 6.67. The van der Waals surface area contributed by atoms with E-state index in [2.05, 4.69) is 51.1 Å². The molecule has 0 atom stereocenters. The second-order valence-electron chi connectivity index (χ2n) is 4.06. The van der Waals surface area contributed by atoms with Crippen molar-refractivity contribution < 1.29 is 17.5 Å². The number of hydrogen-bond acceptors (Lipinski definition) is 2. The molecule has 0 amide bonds. The Kier molecular flexibility index (Phi) is 7.61. The minimum absolute atomic E-state index is 0. The van der Waals surface area contributed by atoms with Gasteiger partial charge in [-0.15, -0.1) is 12.4 Å². The first-order valence-corrected chi connectivity index (χ1v) is 5.76. The van der Waals surface area contributed by atoms with Gasteiger partial charge in [-0.2, -0.15) is 8.42 Å². The number of benzene rings is 1. The standard InChI is InChI=1S/C10H14.ClH.H2O4S/c1-10(2,3)9-7-5-4-6-8-9;;1-5(2,3)4/h4-8H,1-3H3;1H;(H2,1,2,3,4). The molecular formula is C10H17ClO4S. The van der Waals surface area contributed by atoms with Gasteiger partial charge in [0.2, 0.25) is 0 Å². The molecule has 0 aliphatic carbocycles. The molecule has 0 saturated carbocycles. The highest BCUT2D eigenvalue weighted by Crippen LogP contribution is 2.20. The molecule has 6 heteroatoms. The van der Waals surface area contributed by atoms with Crippen molar-refractivity contribution in [1.82, 2.24) is 0 Å². The quantitative estimate of drug-likeness (QED) is 0.710. The monoisotopic (exact) mass is 268 g/mol. The molecule has 0 saturated heterocycles. The van der Waals surface area contributed by atoms with Crippen LogP contribution < -0.4 is 0 Å². The van der Waals surface area contributed by atoms with Gasteiger partial charge in [0, 0.05) is 0 Å². The van der Waals surface area contributed by atoms with Crippen molar-refractivity contribution in [3.05, 3.63) is 35.9 Å². The summed E-state index contributed by atoms with van der Waals surface area (Å²) in [7, 11) is -4.67. The van der Waals surface area contributed by atoms with E-state index in [0.717, 1.165) is 0 Å². The van der Waals surface area contributed by atoms with Crippen molar-refractivity contribution >= 4 is 22.8 Å². The Morgan fingerprint density at radius 3 is 1.50 bits per heavy atom. The summed E-state index contributed by atoms with van der Waals surface area (Å²) in [5.41, 5.74) is 1.69. The fraction of sp³-hybridized carbons (Fsp3) is 0.400. The molecule has 0 fully saturated rings. The fourth-order valence-corrected chi connectivity index (χ4v) is 0.938. The smallest absolute Gasteiger partial charge is 0.264 e. The molecule has 0 heterocycles. The highest BCUT2D eigenvalue weighted by Gasteiger charge is 2.11. The van der Waals surface area contributed by atoms with E-state index in [-0.39, 0.29) is 12.4 Å². The molecule has 0 aliphatic heterocycles. The maximum atomic E-state index is 8.74. The topological polar surface area (TPSA) is 74.6 Å². The predicted octanol–water partition coefficient (Wildman–Crippen LogP) is 2.75.